The number of halogens is 8. The minimum absolute atomic E-state index is 0.127. The zero-order valence-corrected chi connectivity index (χ0v) is 37.6. The third-order valence-electron chi connectivity index (χ3n) is 9.25. The van der Waals surface area contributed by atoms with Crippen LogP contribution in [0.25, 0.3) is 11.1 Å². The second-order valence-electron chi connectivity index (χ2n) is 18.3. The Morgan fingerprint density at radius 2 is 0.724 bits per heavy atom. The van der Waals surface area contributed by atoms with Crippen LogP contribution in [0.2, 0.25) is 0 Å². The van der Waals surface area contributed by atoms with Gasteiger partial charge in [0, 0.05) is 31.2 Å². The summed E-state index contributed by atoms with van der Waals surface area (Å²) < 4.78 is 87.1. The quantitative estimate of drug-likeness (QED) is 0.221. The number of nitrogens with zero attached hydrogens (tertiary/aromatic N) is 4. The molecule has 0 aromatic heterocycles. The maximum atomic E-state index is 14.6. The fraction of sp³-hybridized carbons (Fsp3) is 0.409. The normalized spacial score (nSPS) is 16.6. The van der Waals surface area contributed by atoms with E-state index in [0.717, 1.165) is 0 Å². The van der Waals surface area contributed by atoms with Crippen molar-refractivity contribution in [1.29, 1.82) is 0 Å². The first-order valence-electron chi connectivity index (χ1n) is 18.2. The van der Waals surface area contributed by atoms with E-state index in [9.17, 15) is 35.9 Å². The zero-order chi connectivity index (χ0) is 44.1. The summed E-state index contributed by atoms with van der Waals surface area (Å²) in [6, 6.07) is 3.86. The molecule has 0 heterocycles. The van der Waals surface area contributed by atoms with Gasteiger partial charge < -0.3 is 0 Å². The number of ketones is 2. The van der Waals surface area contributed by atoms with Gasteiger partial charge >= 0.3 is 12.4 Å². The highest BCUT2D eigenvalue weighted by molar-refractivity contribution is 9.11. The van der Waals surface area contributed by atoms with Crippen molar-refractivity contribution in [2.24, 2.45) is 42.1 Å². The maximum absolute atomic E-state index is 14.6. The number of hydrogen-bond donors (Lipinski definition) is 0. The molecule has 0 fully saturated rings. The van der Waals surface area contributed by atoms with E-state index in [1.807, 2.05) is 83.1 Å². The molecular formula is C44H46Br2F6N4O2. The van der Waals surface area contributed by atoms with Crippen molar-refractivity contribution in [3.05, 3.63) is 114 Å². The van der Waals surface area contributed by atoms with Gasteiger partial charge in [0.25, 0.3) is 0 Å². The van der Waals surface area contributed by atoms with Crippen LogP contribution in [0.4, 0.5) is 37.7 Å². The topological polar surface area (TPSA) is 83.6 Å². The van der Waals surface area contributed by atoms with Gasteiger partial charge in [0.05, 0.1) is 23.5 Å². The number of carbonyl (C=O) groups excluding carboxylic acids is 2. The van der Waals surface area contributed by atoms with E-state index in [0.29, 0.717) is 45.6 Å². The molecule has 2 aliphatic rings. The molecule has 2 aliphatic carbocycles. The first kappa shape index (κ1) is 46.6. The van der Waals surface area contributed by atoms with E-state index < -0.39 is 56.5 Å². The van der Waals surface area contributed by atoms with Crippen molar-refractivity contribution in [1.82, 2.24) is 0 Å². The fourth-order valence-electron chi connectivity index (χ4n) is 6.15. The van der Waals surface area contributed by atoms with E-state index in [1.54, 1.807) is 24.3 Å². The number of Topliss-reactive ketones (excluding diaryl/α,β-unsaturated/α-hetero) is 2. The number of allylic oxidation sites excluding steroid dienone is 10. The molecule has 0 spiro atoms. The van der Waals surface area contributed by atoms with Crippen molar-refractivity contribution in [3.8, 4) is 11.1 Å². The second kappa shape index (κ2) is 16.2. The molecule has 310 valence electrons. The van der Waals surface area contributed by atoms with Crippen LogP contribution in [-0.4, -0.2) is 11.6 Å². The predicted octanol–water partition coefficient (Wildman–Crippen LogP) is 15.9. The molecular weight excluding hydrogens is 890 g/mol. The third kappa shape index (κ3) is 10.8. The molecule has 0 saturated heterocycles. The molecule has 0 aliphatic heterocycles. The number of alkyl halides is 6. The second-order valence-corrected chi connectivity index (χ2v) is 20.0. The molecule has 2 aromatic rings. The standard InChI is InChI=1S/C44H46Br2F6N4O2/c1-39(2,3)29-13-23(14-30(37(29)57)40(4,5)6)21-53-55-35-27(43(47,48)49)17-25(19-33(35)45)26-18-28(44(50,51)52)36(34(46)20-26)56-54-22-24-15-31(41(7,8)9)38(58)32(16-24)42(10,11)12/h13-22H,1-12H3. The van der Waals surface area contributed by atoms with Crippen LogP contribution in [-0.2, 0) is 21.9 Å². The van der Waals surface area contributed by atoms with Gasteiger partial charge in [-0.2, -0.15) is 36.6 Å². The Balaban J connectivity index is 1.81. The summed E-state index contributed by atoms with van der Waals surface area (Å²) in [6.07, 6.45) is -0.911. The molecule has 0 saturated carbocycles. The van der Waals surface area contributed by atoms with Crippen molar-refractivity contribution in [3.63, 3.8) is 0 Å². The molecule has 2 aromatic carbocycles. The highest BCUT2D eigenvalue weighted by Crippen LogP contribution is 2.48. The molecule has 6 nitrogen and oxygen atoms in total. The lowest BCUT2D eigenvalue weighted by Crippen LogP contribution is -2.27. The Morgan fingerprint density at radius 1 is 0.466 bits per heavy atom. The average molecular weight is 937 g/mol. The van der Waals surface area contributed by atoms with Crippen molar-refractivity contribution in [2.45, 2.75) is 95.4 Å². The Bertz CT molecular complexity index is 2060. The minimum Gasteiger partial charge on any atom is -0.289 e. The molecule has 0 radical (unpaired) electrons. The number of benzene rings is 2. The van der Waals surface area contributed by atoms with Gasteiger partial charge in [0.15, 0.2) is 11.6 Å². The predicted molar refractivity (Wildman–Crippen MR) is 223 cm³/mol. The van der Waals surface area contributed by atoms with Gasteiger partial charge in [-0.3, -0.25) is 9.59 Å². The van der Waals surface area contributed by atoms with E-state index in [-0.39, 0.29) is 31.6 Å². The van der Waals surface area contributed by atoms with E-state index >= 15 is 0 Å². The summed E-state index contributed by atoms with van der Waals surface area (Å²) in [4.78, 5) is 26.5. The fourth-order valence-corrected chi connectivity index (χ4v) is 7.23. The van der Waals surface area contributed by atoms with E-state index in [4.69, 9.17) is 0 Å². The van der Waals surface area contributed by atoms with Crippen LogP contribution < -0.4 is 0 Å². The molecule has 58 heavy (non-hydrogen) atoms. The van der Waals surface area contributed by atoms with Gasteiger partial charge in [-0.05, 0) is 124 Å². The highest BCUT2D eigenvalue weighted by atomic mass is 79.9. The Morgan fingerprint density at radius 3 is 0.948 bits per heavy atom. The number of hydrogen-bond acceptors (Lipinski definition) is 6. The van der Waals surface area contributed by atoms with E-state index in [2.05, 4.69) is 52.3 Å². The van der Waals surface area contributed by atoms with Crippen LogP contribution in [0.15, 0.2) is 124 Å². The summed E-state index contributed by atoms with van der Waals surface area (Å²) in [6.45, 7) is 22.6. The minimum atomic E-state index is -4.98. The molecule has 14 heteroatoms. The molecule has 0 atom stereocenters. The number of carbonyl (C=O) groups is 2. The monoisotopic (exact) mass is 934 g/mol. The van der Waals surface area contributed by atoms with Crippen molar-refractivity contribution >= 4 is 54.8 Å². The van der Waals surface area contributed by atoms with Crippen LogP contribution >= 0.6 is 31.9 Å². The van der Waals surface area contributed by atoms with Gasteiger partial charge in [0.2, 0.25) is 0 Å². The smallest absolute Gasteiger partial charge is 0.289 e. The van der Waals surface area contributed by atoms with Crippen LogP contribution in [0.5, 0.6) is 0 Å². The lowest BCUT2D eigenvalue weighted by Gasteiger charge is -2.31. The first-order chi connectivity index (χ1) is 26.2. The highest BCUT2D eigenvalue weighted by Gasteiger charge is 2.39. The van der Waals surface area contributed by atoms with Gasteiger partial charge in [0.1, 0.15) is 11.4 Å². The summed E-state index contributed by atoms with van der Waals surface area (Å²) in [5.74, 6) is -0.254. The van der Waals surface area contributed by atoms with Crippen LogP contribution in [0.1, 0.15) is 94.2 Å². The molecule has 0 unspecified atom stereocenters. The molecule has 4 rings (SSSR count). The van der Waals surface area contributed by atoms with E-state index in [1.165, 1.54) is 24.5 Å². The largest absolute Gasteiger partial charge is 0.418 e. The summed E-state index contributed by atoms with van der Waals surface area (Å²) in [5.41, 5.74) is -3.20. The van der Waals surface area contributed by atoms with Gasteiger partial charge in [-0.1, -0.05) is 83.1 Å². The molecule has 0 N–H and O–H groups in total. The summed E-state index contributed by atoms with van der Waals surface area (Å²) >= 11 is 6.29. The Kier molecular flexibility index (Phi) is 13.0. The Hall–Kier alpha value is -4.04. The number of rotatable bonds is 5. The SMILES string of the molecule is CC(C)(C)C1=CC(=CN=Nc2c(Br)cc(-c3cc(Br)c(N=NC=C4C=C(C(C)(C)C)C(=O)C(C(C)(C)C)=C4)c(C(F)(F)F)c3)cc2C(F)(F)F)C=C(C(C)(C)C)C1=O. The summed E-state index contributed by atoms with van der Waals surface area (Å²) in [7, 11) is 0. The lowest BCUT2D eigenvalue weighted by molar-refractivity contribution is -0.138. The summed E-state index contributed by atoms with van der Waals surface area (Å²) in [5, 5.41) is 15.7. The number of azo groups is 2. The maximum Gasteiger partial charge on any atom is 0.418 e. The van der Waals surface area contributed by atoms with Gasteiger partial charge in [-0.15, -0.1) is 10.2 Å². The Labute approximate surface area is 352 Å². The third-order valence-corrected chi connectivity index (χ3v) is 10.5. The lowest BCUT2D eigenvalue weighted by atomic mass is 9.72. The van der Waals surface area contributed by atoms with Gasteiger partial charge in [-0.25, -0.2) is 0 Å². The van der Waals surface area contributed by atoms with Crippen molar-refractivity contribution < 1.29 is 35.9 Å². The average Bonchev–Trinajstić information content (AvgIpc) is 3.03. The van der Waals surface area contributed by atoms with Crippen LogP contribution in [0, 0.1) is 21.7 Å². The molecule has 0 amide bonds. The van der Waals surface area contributed by atoms with Crippen LogP contribution in [0.3, 0.4) is 0 Å². The van der Waals surface area contributed by atoms with Crippen molar-refractivity contribution in [2.75, 3.05) is 0 Å². The zero-order valence-electron chi connectivity index (χ0n) is 34.4. The first-order valence-corrected chi connectivity index (χ1v) is 19.8. The molecule has 0 bridgehead atoms.